The van der Waals surface area contributed by atoms with Crippen LogP contribution in [0.5, 0.6) is 0 Å². The molecule has 1 saturated heterocycles. The largest absolute Gasteiger partial charge is 2.00 e. The van der Waals surface area contributed by atoms with Gasteiger partial charge in [0.1, 0.15) is 0 Å². The predicted molar refractivity (Wildman–Crippen MR) is 144 cm³/mol. The van der Waals surface area contributed by atoms with E-state index in [1.54, 1.807) is 0 Å². The molecule has 1 aliphatic heterocycles. The quantitative estimate of drug-likeness (QED) is 0.247. The van der Waals surface area contributed by atoms with Gasteiger partial charge in [-0.15, -0.1) is 35.9 Å². The maximum absolute atomic E-state index is 4.94. The van der Waals surface area contributed by atoms with Gasteiger partial charge in [-0.3, -0.25) is 0 Å². The Kier molecular flexibility index (Phi) is 19.2. The molecule has 1 heterocycles. The van der Waals surface area contributed by atoms with Gasteiger partial charge in [0.2, 0.25) is 0 Å². The minimum atomic E-state index is 0. The van der Waals surface area contributed by atoms with Crippen molar-refractivity contribution in [2.45, 2.75) is 12.8 Å². The summed E-state index contributed by atoms with van der Waals surface area (Å²) in [6, 6.07) is 40.1. The van der Waals surface area contributed by atoms with E-state index in [1.165, 1.54) is 29.5 Å². The Balaban J connectivity index is -0.000000438. The van der Waals surface area contributed by atoms with E-state index in [4.69, 9.17) is 4.74 Å². The second-order valence-electron chi connectivity index (χ2n) is 6.81. The van der Waals surface area contributed by atoms with E-state index in [2.05, 4.69) is 76.6 Å². The van der Waals surface area contributed by atoms with Gasteiger partial charge in [-0.1, -0.05) is 100 Å². The van der Waals surface area contributed by atoms with Crippen molar-refractivity contribution < 1.29 is 24.6 Å². The van der Waals surface area contributed by atoms with Crippen molar-refractivity contribution in [1.29, 1.82) is 0 Å². The third-order valence-electron chi connectivity index (χ3n) is 4.58. The van der Waals surface area contributed by atoms with Crippen LogP contribution in [0.2, 0.25) is 0 Å². The Labute approximate surface area is 252 Å². The summed E-state index contributed by atoms with van der Waals surface area (Å²) in [7, 11) is 0. The van der Waals surface area contributed by atoms with E-state index >= 15 is 0 Å². The SMILES string of the molecule is Brc1ccccc1-c1ccccc1.C1CCOC1.[Br-].[H-].[H-].[Mg+2].[Mg+2].[c-]1ccccc1-c1ccccc1. The summed E-state index contributed by atoms with van der Waals surface area (Å²) >= 11 is 3.53. The molecule has 0 aliphatic carbocycles. The predicted octanol–water partition coefficient (Wildman–Crippen LogP) is 4.53. The number of hydrogen-bond donors (Lipinski definition) is 0. The third kappa shape index (κ3) is 12.0. The van der Waals surface area contributed by atoms with Crippen LogP contribution < -0.4 is 17.0 Å². The molecular formula is C28H28Br2Mg2O. The zero-order valence-electron chi connectivity index (χ0n) is 20.8. The summed E-state index contributed by atoms with van der Waals surface area (Å²) in [6.45, 7) is 2.00. The van der Waals surface area contributed by atoms with Gasteiger partial charge < -0.3 is 24.6 Å². The molecule has 4 aromatic rings. The molecule has 0 spiro atoms. The standard InChI is InChI=1S/C12H9Br.C12H9.C4H8O.BrH.2Mg.2H/c13-12-9-5-4-8-11(12)10-6-2-1-3-7-10;1-3-7-11(8-4-1)12-9-5-2-6-10-12;1-2-4-5-3-1;;;;;/h1-9H;1-9H;1-4H2;1H;;;;/q;-1;;;2*+2;2*-1/p-1. The van der Waals surface area contributed by atoms with Gasteiger partial charge in [-0.2, -0.15) is 0 Å². The van der Waals surface area contributed by atoms with Crippen LogP contribution in [0.1, 0.15) is 15.7 Å². The Morgan fingerprint density at radius 2 is 1.15 bits per heavy atom. The van der Waals surface area contributed by atoms with Crippen molar-refractivity contribution in [3.05, 3.63) is 120 Å². The fourth-order valence-electron chi connectivity index (χ4n) is 3.01. The normalized spacial score (nSPS) is 11.1. The molecule has 1 aliphatic rings. The number of rotatable bonds is 2. The molecule has 5 rings (SSSR count). The summed E-state index contributed by atoms with van der Waals surface area (Å²) < 4.78 is 6.08. The first-order chi connectivity index (χ1) is 14.8. The molecule has 5 heteroatoms. The van der Waals surface area contributed by atoms with Crippen LogP contribution in [0, 0.1) is 6.07 Å². The van der Waals surface area contributed by atoms with Gasteiger partial charge in [0.25, 0.3) is 0 Å². The van der Waals surface area contributed by atoms with Crippen LogP contribution in [-0.2, 0) is 4.74 Å². The van der Waals surface area contributed by atoms with Crippen LogP contribution in [-0.4, -0.2) is 59.3 Å². The van der Waals surface area contributed by atoms with Crippen LogP contribution in [0.25, 0.3) is 22.3 Å². The van der Waals surface area contributed by atoms with E-state index in [9.17, 15) is 0 Å². The van der Waals surface area contributed by atoms with Gasteiger partial charge in [0, 0.05) is 17.7 Å². The molecular weight excluding hydrogens is 561 g/mol. The second kappa shape index (κ2) is 19.6. The van der Waals surface area contributed by atoms with Crippen molar-refractivity contribution in [3.63, 3.8) is 0 Å². The first-order valence-corrected chi connectivity index (χ1v) is 11.0. The minimum absolute atomic E-state index is 0. The van der Waals surface area contributed by atoms with Gasteiger partial charge in [0.15, 0.2) is 0 Å². The van der Waals surface area contributed by atoms with E-state index in [0.29, 0.717) is 0 Å². The molecule has 0 unspecified atom stereocenters. The molecule has 164 valence electrons. The summed E-state index contributed by atoms with van der Waals surface area (Å²) in [5.74, 6) is 0. The molecule has 4 aromatic carbocycles. The van der Waals surface area contributed by atoms with Gasteiger partial charge in [-0.05, 0) is 30.0 Å². The van der Waals surface area contributed by atoms with Crippen LogP contribution in [0.3, 0.4) is 0 Å². The number of benzene rings is 4. The zero-order valence-corrected chi connectivity index (χ0v) is 24.8. The maximum Gasteiger partial charge on any atom is 2.00 e. The first kappa shape index (κ1) is 32.3. The van der Waals surface area contributed by atoms with E-state index < -0.39 is 0 Å². The van der Waals surface area contributed by atoms with Crippen LogP contribution >= 0.6 is 15.9 Å². The Morgan fingerprint density at radius 3 is 1.64 bits per heavy atom. The smallest absolute Gasteiger partial charge is 1.00 e. The van der Waals surface area contributed by atoms with Gasteiger partial charge in [0.05, 0.1) is 0 Å². The summed E-state index contributed by atoms with van der Waals surface area (Å²) in [5, 5.41) is 0. The Morgan fingerprint density at radius 1 is 0.636 bits per heavy atom. The molecule has 0 radical (unpaired) electrons. The zero-order chi connectivity index (χ0) is 20.9. The number of hydrogen-bond acceptors (Lipinski definition) is 1. The summed E-state index contributed by atoms with van der Waals surface area (Å²) in [4.78, 5) is 0. The van der Waals surface area contributed by atoms with Gasteiger partial charge >= 0.3 is 46.1 Å². The summed E-state index contributed by atoms with van der Waals surface area (Å²) in [5.41, 5.74) is 4.86. The molecule has 0 saturated carbocycles. The van der Waals surface area contributed by atoms with Gasteiger partial charge in [-0.25, -0.2) is 0 Å². The van der Waals surface area contributed by atoms with Crippen molar-refractivity contribution in [2.75, 3.05) is 13.2 Å². The molecule has 0 aromatic heterocycles. The third-order valence-corrected chi connectivity index (χ3v) is 5.27. The minimum Gasteiger partial charge on any atom is -1.00 e. The van der Waals surface area contributed by atoms with Crippen molar-refractivity contribution >= 4 is 62.0 Å². The molecule has 0 amide bonds. The van der Waals surface area contributed by atoms with Crippen LogP contribution in [0.15, 0.2) is 114 Å². The van der Waals surface area contributed by atoms with E-state index in [1.807, 2.05) is 54.6 Å². The molecule has 33 heavy (non-hydrogen) atoms. The molecule has 0 bridgehead atoms. The maximum atomic E-state index is 4.94. The van der Waals surface area contributed by atoms with E-state index in [0.717, 1.165) is 23.2 Å². The average Bonchev–Trinajstić information content (AvgIpc) is 3.42. The van der Waals surface area contributed by atoms with E-state index in [-0.39, 0.29) is 65.9 Å². The monoisotopic (exact) mass is 586 g/mol. The Bertz CT molecular complexity index is 946. The van der Waals surface area contributed by atoms with Crippen molar-refractivity contribution in [1.82, 2.24) is 0 Å². The molecule has 1 nitrogen and oxygen atoms in total. The van der Waals surface area contributed by atoms with Crippen molar-refractivity contribution in [3.8, 4) is 22.3 Å². The Hall–Kier alpha value is -0.668. The fraction of sp³-hybridized carbons (Fsp3) is 0.143. The topological polar surface area (TPSA) is 9.23 Å². The van der Waals surface area contributed by atoms with Crippen molar-refractivity contribution in [2.24, 2.45) is 0 Å². The first-order valence-electron chi connectivity index (χ1n) is 10.2. The van der Waals surface area contributed by atoms with Crippen LogP contribution in [0.4, 0.5) is 0 Å². The average molecular weight is 589 g/mol. The summed E-state index contributed by atoms with van der Waals surface area (Å²) in [6.07, 6.45) is 2.56. The molecule has 0 atom stereocenters. The second-order valence-corrected chi connectivity index (χ2v) is 7.66. The fourth-order valence-corrected chi connectivity index (χ4v) is 3.53. The molecule has 0 N–H and O–H groups in total. The number of halogens is 2. The molecule has 1 fully saturated rings. The number of ether oxygens (including phenoxy) is 1.